The Morgan fingerprint density at radius 3 is 2.28 bits per heavy atom. The molecular weight excluding hydrogens is 246 g/mol. The molecule has 0 aliphatic carbocycles. The van der Waals surface area contributed by atoms with E-state index in [1.165, 1.54) is 20.3 Å². The monoisotopic (exact) mass is 260 g/mol. The fraction of sp³-hybridized carbons (Fsp3) is 0.417. The Hall–Kier alpha value is -1.85. The average Bonchev–Trinajstić information content (AvgIpc) is 2.26. The molecule has 100 valence electrons. The number of carboxylic acid groups (broad SMARTS) is 1. The molecule has 0 aliphatic heterocycles. The van der Waals surface area contributed by atoms with Gasteiger partial charge in [0.15, 0.2) is 0 Å². The molecule has 0 aromatic heterocycles. The summed E-state index contributed by atoms with van der Waals surface area (Å²) in [5.74, 6) is -4.89. The quantitative estimate of drug-likeness (QED) is 0.884. The van der Waals surface area contributed by atoms with Crippen molar-refractivity contribution >= 4 is 5.97 Å². The molecule has 0 unspecified atom stereocenters. The lowest BCUT2D eigenvalue weighted by atomic mass is 10.0. The number of benzene rings is 1. The van der Waals surface area contributed by atoms with Gasteiger partial charge >= 0.3 is 5.97 Å². The van der Waals surface area contributed by atoms with Crippen LogP contribution in [-0.2, 0) is 10.7 Å². The van der Waals surface area contributed by atoms with Crippen LogP contribution in [0.15, 0.2) is 12.1 Å². The first-order chi connectivity index (χ1) is 8.31. The van der Waals surface area contributed by atoms with Crippen molar-refractivity contribution < 1.29 is 28.2 Å². The molecule has 0 radical (unpaired) electrons. The van der Waals surface area contributed by atoms with E-state index in [9.17, 15) is 13.6 Å². The van der Waals surface area contributed by atoms with Crippen LogP contribution in [0.1, 0.15) is 17.5 Å². The molecule has 1 aromatic rings. The second-order valence-electron chi connectivity index (χ2n) is 3.80. The molecule has 0 atom stereocenters. The summed E-state index contributed by atoms with van der Waals surface area (Å²) in [5.41, 5.74) is 0.138. The lowest BCUT2D eigenvalue weighted by molar-refractivity contribution is -0.145. The fourth-order valence-electron chi connectivity index (χ4n) is 1.62. The molecule has 0 amide bonds. The molecule has 0 fully saturated rings. The summed E-state index contributed by atoms with van der Waals surface area (Å²) in [6.45, 7) is 1.68. The van der Waals surface area contributed by atoms with E-state index in [1.807, 2.05) is 0 Å². The molecular formula is C12H14F2O4. The van der Waals surface area contributed by atoms with Crippen molar-refractivity contribution in [3.05, 3.63) is 23.3 Å². The number of carbonyl (C=O) groups is 1. The summed E-state index contributed by atoms with van der Waals surface area (Å²) in [5, 5.41) is 8.50. The number of hydrogen-bond donors (Lipinski definition) is 1. The highest BCUT2D eigenvalue weighted by Crippen LogP contribution is 2.40. The van der Waals surface area contributed by atoms with Gasteiger partial charge in [-0.25, -0.2) is 8.78 Å². The molecule has 0 aliphatic rings. The minimum absolute atomic E-state index is 0.0560. The van der Waals surface area contributed by atoms with Crippen LogP contribution in [0.3, 0.4) is 0 Å². The van der Waals surface area contributed by atoms with Gasteiger partial charge in [-0.15, -0.1) is 0 Å². The number of alkyl halides is 2. The van der Waals surface area contributed by atoms with Gasteiger partial charge in [0, 0.05) is 0 Å². The van der Waals surface area contributed by atoms with E-state index < -0.39 is 23.9 Å². The van der Waals surface area contributed by atoms with Crippen LogP contribution in [0.5, 0.6) is 11.5 Å². The number of hydrogen-bond acceptors (Lipinski definition) is 3. The van der Waals surface area contributed by atoms with Crippen LogP contribution < -0.4 is 9.47 Å². The first-order valence-electron chi connectivity index (χ1n) is 5.14. The van der Waals surface area contributed by atoms with Gasteiger partial charge in [0.1, 0.15) is 17.9 Å². The standard InChI is InChI=1S/C12H14F2O4/c1-7-4-10(18-3)8(5-9(7)17-2)12(13,14)6-11(15)16/h4-5H,6H2,1-3H3,(H,15,16). The summed E-state index contributed by atoms with van der Waals surface area (Å²) in [6, 6.07) is 2.50. The van der Waals surface area contributed by atoms with Gasteiger partial charge in [-0.1, -0.05) is 0 Å². The van der Waals surface area contributed by atoms with Crippen molar-refractivity contribution in [3.63, 3.8) is 0 Å². The Kier molecular flexibility index (Phi) is 4.11. The molecule has 6 heteroatoms. The van der Waals surface area contributed by atoms with Crippen LogP contribution in [0.4, 0.5) is 8.78 Å². The van der Waals surface area contributed by atoms with Crippen LogP contribution >= 0.6 is 0 Å². The number of ether oxygens (including phenoxy) is 2. The lowest BCUT2D eigenvalue weighted by Crippen LogP contribution is -2.19. The van der Waals surface area contributed by atoms with Crippen LogP contribution in [0, 0.1) is 6.92 Å². The predicted molar refractivity (Wildman–Crippen MR) is 60.4 cm³/mol. The third-order valence-corrected chi connectivity index (χ3v) is 2.48. The highest BCUT2D eigenvalue weighted by atomic mass is 19.3. The first-order valence-corrected chi connectivity index (χ1v) is 5.14. The molecule has 1 aromatic carbocycles. The van der Waals surface area contributed by atoms with Crippen LogP contribution in [0.25, 0.3) is 0 Å². The normalized spacial score (nSPS) is 11.2. The molecule has 1 N–H and O–H groups in total. The molecule has 18 heavy (non-hydrogen) atoms. The number of aryl methyl sites for hydroxylation is 1. The Bertz CT molecular complexity index is 458. The van der Waals surface area contributed by atoms with E-state index in [4.69, 9.17) is 14.6 Å². The summed E-state index contributed by atoms with van der Waals surface area (Å²) in [4.78, 5) is 10.5. The SMILES string of the molecule is COc1cc(C(F)(F)CC(=O)O)c(OC)cc1C. The fourth-order valence-corrected chi connectivity index (χ4v) is 1.62. The van der Waals surface area contributed by atoms with Gasteiger partial charge in [-0.05, 0) is 24.6 Å². The van der Waals surface area contributed by atoms with Gasteiger partial charge in [-0.2, -0.15) is 0 Å². The van der Waals surface area contributed by atoms with E-state index in [2.05, 4.69) is 0 Å². The maximum absolute atomic E-state index is 13.8. The minimum Gasteiger partial charge on any atom is -0.496 e. The molecule has 4 nitrogen and oxygen atoms in total. The van der Waals surface area contributed by atoms with E-state index in [-0.39, 0.29) is 11.5 Å². The topological polar surface area (TPSA) is 55.8 Å². The van der Waals surface area contributed by atoms with Gasteiger partial charge in [0.2, 0.25) is 0 Å². The Morgan fingerprint density at radius 1 is 1.28 bits per heavy atom. The molecule has 0 heterocycles. The van der Waals surface area contributed by atoms with E-state index in [0.717, 1.165) is 6.07 Å². The maximum atomic E-state index is 13.8. The molecule has 0 saturated heterocycles. The predicted octanol–water partition coefficient (Wildman–Crippen LogP) is 2.58. The maximum Gasteiger partial charge on any atom is 0.309 e. The molecule has 0 bridgehead atoms. The third kappa shape index (κ3) is 2.88. The Morgan fingerprint density at radius 2 is 1.83 bits per heavy atom. The highest BCUT2D eigenvalue weighted by Gasteiger charge is 2.38. The van der Waals surface area contributed by atoms with Crippen molar-refractivity contribution in [2.75, 3.05) is 14.2 Å². The third-order valence-electron chi connectivity index (χ3n) is 2.48. The zero-order valence-corrected chi connectivity index (χ0v) is 10.3. The minimum atomic E-state index is -3.52. The van der Waals surface area contributed by atoms with E-state index in [1.54, 1.807) is 6.92 Å². The van der Waals surface area contributed by atoms with Crippen LogP contribution in [-0.4, -0.2) is 25.3 Å². The van der Waals surface area contributed by atoms with Crippen molar-refractivity contribution in [2.24, 2.45) is 0 Å². The van der Waals surface area contributed by atoms with Crippen LogP contribution in [0.2, 0.25) is 0 Å². The Labute approximate surface area is 103 Å². The summed E-state index contributed by atoms with van der Waals surface area (Å²) < 4.78 is 37.4. The largest absolute Gasteiger partial charge is 0.496 e. The number of carboxylic acids is 1. The van der Waals surface area contributed by atoms with Crippen molar-refractivity contribution in [1.29, 1.82) is 0 Å². The van der Waals surface area contributed by atoms with Gasteiger partial charge in [0.05, 0.1) is 19.8 Å². The van der Waals surface area contributed by atoms with Crippen molar-refractivity contribution in [1.82, 2.24) is 0 Å². The lowest BCUT2D eigenvalue weighted by Gasteiger charge is -2.19. The summed E-state index contributed by atoms with van der Waals surface area (Å²) in [7, 11) is 2.61. The van der Waals surface area contributed by atoms with E-state index in [0.29, 0.717) is 5.56 Å². The van der Waals surface area contributed by atoms with Crippen molar-refractivity contribution in [2.45, 2.75) is 19.3 Å². The zero-order chi connectivity index (χ0) is 13.9. The van der Waals surface area contributed by atoms with Crippen molar-refractivity contribution in [3.8, 4) is 11.5 Å². The molecule has 0 saturated carbocycles. The Balaban J connectivity index is 3.32. The van der Waals surface area contributed by atoms with Gasteiger partial charge in [0.25, 0.3) is 5.92 Å². The first kappa shape index (κ1) is 14.2. The summed E-state index contributed by atoms with van der Waals surface area (Å²) in [6.07, 6.45) is -1.30. The van der Waals surface area contributed by atoms with Gasteiger partial charge < -0.3 is 14.6 Å². The second kappa shape index (κ2) is 5.20. The highest BCUT2D eigenvalue weighted by molar-refractivity contribution is 5.68. The number of halogens is 2. The number of methoxy groups -OCH3 is 2. The number of aliphatic carboxylic acids is 1. The molecule has 1 rings (SSSR count). The molecule has 0 spiro atoms. The van der Waals surface area contributed by atoms with E-state index >= 15 is 0 Å². The number of rotatable bonds is 5. The average molecular weight is 260 g/mol. The smallest absolute Gasteiger partial charge is 0.309 e. The zero-order valence-electron chi connectivity index (χ0n) is 10.3. The second-order valence-corrected chi connectivity index (χ2v) is 3.80. The summed E-state index contributed by atoms with van der Waals surface area (Å²) >= 11 is 0. The van der Waals surface area contributed by atoms with Gasteiger partial charge in [-0.3, -0.25) is 4.79 Å².